The van der Waals surface area contributed by atoms with Crippen molar-refractivity contribution in [1.29, 1.82) is 0 Å². The maximum Gasteiger partial charge on any atom is 0.311 e. The predicted molar refractivity (Wildman–Crippen MR) is 75.8 cm³/mol. The zero-order valence-corrected chi connectivity index (χ0v) is 12.4. The molecule has 2 amide bonds. The summed E-state index contributed by atoms with van der Waals surface area (Å²) < 4.78 is 0. The minimum atomic E-state index is -0.451. The van der Waals surface area contributed by atoms with Crippen LogP contribution in [0.5, 0.6) is 0 Å². The van der Waals surface area contributed by atoms with Crippen molar-refractivity contribution < 1.29 is 9.59 Å². The maximum absolute atomic E-state index is 12.2. The van der Waals surface area contributed by atoms with E-state index in [2.05, 4.69) is 10.6 Å². The van der Waals surface area contributed by atoms with Gasteiger partial charge < -0.3 is 15.5 Å². The summed E-state index contributed by atoms with van der Waals surface area (Å²) in [4.78, 5) is 25.9. The molecule has 0 unspecified atom stereocenters. The van der Waals surface area contributed by atoms with Crippen LogP contribution in [0.3, 0.4) is 0 Å². The lowest BCUT2D eigenvalue weighted by molar-refractivity contribution is -0.146. The topological polar surface area (TPSA) is 61.4 Å². The van der Waals surface area contributed by atoms with Gasteiger partial charge >= 0.3 is 11.8 Å². The summed E-state index contributed by atoms with van der Waals surface area (Å²) >= 11 is 0. The fourth-order valence-electron chi connectivity index (χ4n) is 2.50. The molecule has 2 N–H and O–H groups in total. The van der Waals surface area contributed by atoms with Gasteiger partial charge in [-0.3, -0.25) is 9.59 Å². The molecular formula is C14H27N3O2. The molecule has 0 bridgehead atoms. The molecule has 1 rings (SSSR count). The molecule has 0 spiro atoms. The van der Waals surface area contributed by atoms with Crippen LogP contribution in [0.15, 0.2) is 0 Å². The smallest absolute Gasteiger partial charge is 0.311 e. The van der Waals surface area contributed by atoms with E-state index in [1.807, 2.05) is 20.8 Å². The second kappa shape index (κ2) is 7.48. The number of carbonyl (C=O) groups excluding carboxylic acids is 2. The van der Waals surface area contributed by atoms with Crippen LogP contribution in [0.4, 0.5) is 0 Å². The summed E-state index contributed by atoms with van der Waals surface area (Å²) in [6.45, 7) is 9.10. The molecule has 0 radical (unpaired) electrons. The number of amides is 2. The molecule has 1 aliphatic heterocycles. The zero-order valence-electron chi connectivity index (χ0n) is 12.4. The van der Waals surface area contributed by atoms with Crippen LogP contribution in [0, 0.1) is 0 Å². The van der Waals surface area contributed by atoms with Crippen LogP contribution in [-0.2, 0) is 9.59 Å². The first-order valence-electron chi connectivity index (χ1n) is 7.40. The molecule has 0 atom stereocenters. The second-order valence-electron chi connectivity index (χ2n) is 5.19. The number of hydrogen-bond donors (Lipinski definition) is 2. The van der Waals surface area contributed by atoms with E-state index in [1.165, 1.54) is 0 Å². The highest BCUT2D eigenvalue weighted by Crippen LogP contribution is 2.19. The van der Waals surface area contributed by atoms with Crippen molar-refractivity contribution >= 4 is 11.8 Å². The van der Waals surface area contributed by atoms with Crippen molar-refractivity contribution in [3.8, 4) is 0 Å². The Morgan fingerprint density at radius 2 is 1.74 bits per heavy atom. The van der Waals surface area contributed by atoms with Crippen LogP contribution in [0.1, 0.15) is 46.5 Å². The van der Waals surface area contributed by atoms with E-state index in [-0.39, 0.29) is 11.4 Å². The monoisotopic (exact) mass is 269 g/mol. The van der Waals surface area contributed by atoms with Gasteiger partial charge in [0.25, 0.3) is 0 Å². The van der Waals surface area contributed by atoms with Crippen LogP contribution in [0.2, 0.25) is 0 Å². The van der Waals surface area contributed by atoms with Crippen molar-refractivity contribution in [2.45, 2.75) is 52.0 Å². The van der Waals surface area contributed by atoms with Gasteiger partial charge in [0.1, 0.15) is 0 Å². The van der Waals surface area contributed by atoms with E-state index in [0.717, 1.165) is 38.8 Å². The average molecular weight is 269 g/mol. The molecule has 5 heteroatoms. The van der Waals surface area contributed by atoms with E-state index in [9.17, 15) is 9.59 Å². The van der Waals surface area contributed by atoms with E-state index in [4.69, 9.17) is 0 Å². The third-order valence-electron chi connectivity index (χ3n) is 4.23. The molecule has 0 aromatic rings. The summed E-state index contributed by atoms with van der Waals surface area (Å²) in [5, 5.41) is 6.17. The molecule has 110 valence electrons. The Bertz CT molecular complexity index is 298. The van der Waals surface area contributed by atoms with Crippen LogP contribution in [0.25, 0.3) is 0 Å². The van der Waals surface area contributed by atoms with Gasteiger partial charge in [0.05, 0.1) is 0 Å². The molecule has 5 nitrogen and oxygen atoms in total. The van der Waals surface area contributed by atoms with Crippen molar-refractivity contribution in [3.63, 3.8) is 0 Å². The van der Waals surface area contributed by atoms with Crippen molar-refractivity contribution in [2.75, 3.05) is 26.2 Å². The van der Waals surface area contributed by atoms with E-state index in [1.54, 1.807) is 4.90 Å². The number of nitrogens with zero attached hydrogens (tertiary/aromatic N) is 1. The first-order chi connectivity index (χ1) is 9.08. The Balaban J connectivity index is 2.63. The fourth-order valence-corrected chi connectivity index (χ4v) is 2.50. The molecule has 0 aromatic carbocycles. The molecule has 0 aromatic heterocycles. The largest absolute Gasteiger partial charge is 0.342 e. The summed E-state index contributed by atoms with van der Waals surface area (Å²) in [6.07, 6.45) is 3.45. The van der Waals surface area contributed by atoms with E-state index >= 15 is 0 Å². The second-order valence-corrected chi connectivity index (χ2v) is 5.19. The van der Waals surface area contributed by atoms with Gasteiger partial charge in [-0.25, -0.2) is 0 Å². The number of nitrogens with one attached hydrogen (secondary N) is 2. The third-order valence-corrected chi connectivity index (χ3v) is 4.23. The minimum absolute atomic E-state index is 0.239. The normalized spacial score (nSPS) is 16.9. The SMILES string of the molecule is CCC(CC)(CC)NC(=O)C(=O)N1CCCNCC1. The quantitative estimate of drug-likeness (QED) is 0.745. The van der Waals surface area contributed by atoms with Crippen molar-refractivity contribution in [3.05, 3.63) is 0 Å². The summed E-state index contributed by atoms with van der Waals surface area (Å²) in [7, 11) is 0. The highest BCUT2D eigenvalue weighted by molar-refractivity contribution is 6.35. The minimum Gasteiger partial charge on any atom is -0.342 e. The number of rotatable bonds is 4. The molecular weight excluding hydrogens is 242 g/mol. The van der Waals surface area contributed by atoms with Gasteiger partial charge in [0.15, 0.2) is 0 Å². The zero-order chi connectivity index (χ0) is 14.3. The molecule has 1 heterocycles. The van der Waals surface area contributed by atoms with Gasteiger partial charge in [-0.05, 0) is 32.2 Å². The van der Waals surface area contributed by atoms with Crippen LogP contribution in [-0.4, -0.2) is 48.4 Å². The van der Waals surface area contributed by atoms with E-state index in [0.29, 0.717) is 13.1 Å². The lowest BCUT2D eigenvalue weighted by Gasteiger charge is -2.32. The average Bonchev–Trinajstić information content (AvgIpc) is 2.73. The fraction of sp³-hybridized carbons (Fsp3) is 0.857. The van der Waals surface area contributed by atoms with Gasteiger partial charge in [0.2, 0.25) is 0 Å². The Morgan fingerprint density at radius 3 is 2.32 bits per heavy atom. The lowest BCUT2D eigenvalue weighted by Crippen LogP contribution is -2.53. The van der Waals surface area contributed by atoms with Gasteiger partial charge in [-0.1, -0.05) is 20.8 Å². The van der Waals surface area contributed by atoms with Gasteiger partial charge in [0, 0.05) is 25.2 Å². The molecule has 1 saturated heterocycles. The van der Waals surface area contributed by atoms with Crippen LogP contribution < -0.4 is 10.6 Å². The number of carbonyl (C=O) groups is 2. The van der Waals surface area contributed by atoms with Gasteiger partial charge in [-0.2, -0.15) is 0 Å². The summed E-state index contributed by atoms with van der Waals surface area (Å²) in [5.41, 5.74) is -0.239. The Labute approximate surface area is 116 Å². The lowest BCUT2D eigenvalue weighted by atomic mass is 9.90. The maximum atomic E-state index is 12.2. The van der Waals surface area contributed by atoms with Gasteiger partial charge in [-0.15, -0.1) is 0 Å². The summed E-state index contributed by atoms with van der Waals surface area (Å²) in [6, 6.07) is 0. The Hall–Kier alpha value is -1.10. The first kappa shape index (κ1) is 16.0. The highest BCUT2D eigenvalue weighted by atomic mass is 16.2. The summed E-state index contributed by atoms with van der Waals surface area (Å²) in [5.74, 6) is -0.837. The molecule has 19 heavy (non-hydrogen) atoms. The van der Waals surface area contributed by atoms with Crippen molar-refractivity contribution in [2.24, 2.45) is 0 Å². The molecule has 0 saturated carbocycles. The van der Waals surface area contributed by atoms with Crippen LogP contribution >= 0.6 is 0 Å². The Morgan fingerprint density at radius 1 is 1.11 bits per heavy atom. The first-order valence-corrected chi connectivity index (χ1v) is 7.40. The molecule has 1 fully saturated rings. The third kappa shape index (κ3) is 4.20. The number of hydrogen-bond acceptors (Lipinski definition) is 3. The van der Waals surface area contributed by atoms with E-state index < -0.39 is 5.91 Å². The highest BCUT2D eigenvalue weighted by Gasteiger charge is 2.30. The molecule has 0 aliphatic carbocycles. The Kier molecular flexibility index (Phi) is 6.28. The molecule has 1 aliphatic rings. The predicted octanol–water partition coefficient (Wildman–Crippen LogP) is 0.893. The standard InChI is InChI=1S/C14H27N3O2/c1-4-14(5-2,6-3)16-12(18)13(19)17-10-7-8-15-9-11-17/h15H,4-11H2,1-3H3,(H,16,18). The van der Waals surface area contributed by atoms with Crippen molar-refractivity contribution in [1.82, 2.24) is 15.5 Å².